The smallest absolute Gasteiger partial charge is 0.319 e. The Morgan fingerprint density at radius 3 is 2.33 bits per heavy atom. The Kier molecular flexibility index (Phi) is 6.81. The molecule has 1 aromatic heterocycles. The lowest BCUT2D eigenvalue weighted by Crippen LogP contribution is -2.28. The number of sulfonamides is 1. The molecule has 1 heterocycles. The highest BCUT2D eigenvalue weighted by Crippen LogP contribution is 2.19. The Labute approximate surface area is 176 Å². The number of hydrogen-bond acceptors (Lipinski definition) is 4. The molecule has 2 N–H and O–H groups in total. The Morgan fingerprint density at radius 1 is 1.00 bits per heavy atom. The summed E-state index contributed by atoms with van der Waals surface area (Å²) in [4.78, 5) is 16.2. The first-order chi connectivity index (χ1) is 14.3. The highest BCUT2D eigenvalue weighted by molar-refractivity contribution is 7.89. The summed E-state index contributed by atoms with van der Waals surface area (Å²) in [5.41, 5.74) is 3.41. The summed E-state index contributed by atoms with van der Waals surface area (Å²) < 4.78 is 26.9. The van der Waals surface area contributed by atoms with Crippen LogP contribution in [-0.4, -0.2) is 30.8 Å². The number of rotatable bonds is 7. The molecule has 0 aliphatic carbocycles. The zero-order valence-electron chi connectivity index (χ0n) is 16.9. The largest absolute Gasteiger partial charge is 0.334 e. The molecule has 0 radical (unpaired) electrons. The van der Waals surface area contributed by atoms with E-state index in [1.54, 1.807) is 37.6 Å². The van der Waals surface area contributed by atoms with Gasteiger partial charge in [-0.25, -0.2) is 13.2 Å². The quantitative estimate of drug-likeness (QED) is 0.607. The average molecular weight is 425 g/mol. The van der Waals surface area contributed by atoms with E-state index in [0.717, 1.165) is 16.7 Å². The van der Waals surface area contributed by atoms with Crippen LogP contribution in [0.25, 0.3) is 0 Å². The number of aryl methyl sites for hydroxylation is 1. The van der Waals surface area contributed by atoms with Crippen molar-refractivity contribution in [3.8, 4) is 0 Å². The van der Waals surface area contributed by atoms with E-state index in [1.165, 1.54) is 16.4 Å². The van der Waals surface area contributed by atoms with Crippen LogP contribution in [0.1, 0.15) is 16.7 Å². The molecule has 156 valence electrons. The second-order valence-electron chi connectivity index (χ2n) is 6.94. The number of carbonyl (C=O) groups is 1. The number of anilines is 1. The maximum atomic E-state index is 12.8. The predicted octanol–water partition coefficient (Wildman–Crippen LogP) is 3.53. The van der Waals surface area contributed by atoms with Crippen LogP contribution in [0.3, 0.4) is 0 Å². The van der Waals surface area contributed by atoms with E-state index in [9.17, 15) is 13.2 Å². The zero-order valence-corrected chi connectivity index (χ0v) is 17.7. The van der Waals surface area contributed by atoms with Gasteiger partial charge in [0.25, 0.3) is 0 Å². The van der Waals surface area contributed by atoms with E-state index in [0.29, 0.717) is 12.2 Å². The summed E-state index contributed by atoms with van der Waals surface area (Å²) in [5.74, 6) is 0. The van der Waals surface area contributed by atoms with E-state index in [2.05, 4.69) is 15.6 Å². The van der Waals surface area contributed by atoms with Crippen LogP contribution in [0.2, 0.25) is 0 Å². The standard InChI is InChI=1S/C22H24N4O3S/c1-17-5-7-18(8-6-17)16-26(2)30(28,29)21-11-9-20(10-12-21)25-22(27)24-15-19-4-3-13-23-14-19/h3-14H,15-16H2,1-2H3,(H2,24,25,27). The Hall–Kier alpha value is -3.23. The monoisotopic (exact) mass is 424 g/mol. The van der Waals surface area contributed by atoms with Crippen LogP contribution in [-0.2, 0) is 23.1 Å². The SMILES string of the molecule is Cc1ccc(CN(C)S(=O)(=O)c2ccc(NC(=O)NCc3cccnc3)cc2)cc1. The number of nitrogens with zero attached hydrogens (tertiary/aromatic N) is 2. The highest BCUT2D eigenvalue weighted by Gasteiger charge is 2.21. The number of hydrogen-bond donors (Lipinski definition) is 2. The molecule has 7 nitrogen and oxygen atoms in total. The molecule has 3 rings (SSSR count). The van der Waals surface area contributed by atoms with Crippen molar-refractivity contribution in [2.45, 2.75) is 24.9 Å². The Morgan fingerprint density at radius 2 is 1.70 bits per heavy atom. The minimum atomic E-state index is -3.64. The van der Waals surface area contributed by atoms with Gasteiger partial charge >= 0.3 is 6.03 Å². The van der Waals surface area contributed by atoms with Gasteiger partial charge in [0.2, 0.25) is 10.0 Å². The summed E-state index contributed by atoms with van der Waals surface area (Å²) in [7, 11) is -2.09. The van der Waals surface area contributed by atoms with Crippen LogP contribution in [0.4, 0.5) is 10.5 Å². The number of pyridine rings is 1. The van der Waals surface area contributed by atoms with Crippen molar-refractivity contribution >= 4 is 21.7 Å². The predicted molar refractivity (Wildman–Crippen MR) is 116 cm³/mol. The fourth-order valence-electron chi connectivity index (χ4n) is 2.79. The number of carbonyl (C=O) groups excluding carboxylic acids is 1. The lowest BCUT2D eigenvalue weighted by molar-refractivity contribution is 0.251. The lowest BCUT2D eigenvalue weighted by atomic mass is 10.1. The van der Waals surface area contributed by atoms with Gasteiger partial charge in [-0.3, -0.25) is 4.98 Å². The first-order valence-corrected chi connectivity index (χ1v) is 10.8. The zero-order chi connectivity index (χ0) is 21.6. The van der Waals surface area contributed by atoms with Crippen LogP contribution in [0.15, 0.2) is 78.0 Å². The number of benzene rings is 2. The van der Waals surface area contributed by atoms with Crippen molar-refractivity contribution in [2.24, 2.45) is 0 Å². The van der Waals surface area contributed by atoms with Crippen LogP contribution in [0.5, 0.6) is 0 Å². The van der Waals surface area contributed by atoms with Crippen molar-refractivity contribution in [1.82, 2.24) is 14.6 Å². The van der Waals surface area contributed by atoms with Crippen molar-refractivity contribution in [3.63, 3.8) is 0 Å². The summed E-state index contributed by atoms with van der Waals surface area (Å²) in [5, 5.41) is 5.41. The molecule has 0 saturated heterocycles. The van der Waals surface area contributed by atoms with Gasteiger partial charge in [0.1, 0.15) is 0 Å². The van der Waals surface area contributed by atoms with Crippen molar-refractivity contribution in [2.75, 3.05) is 12.4 Å². The Bertz CT molecular complexity index is 1080. The molecule has 2 aromatic carbocycles. The third-order valence-corrected chi connectivity index (χ3v) is 6.34. The molecule has 0 bridgehead atoms. The second kappa shape index (κ2) is 9.51. The van der Waals surface area contributed by atoms with Gasteiger partial charge in [-0.1, -0.05) is 35.9 Å². The van der Waals surface area contributed by atoms with Crippen LogP contribution < -0.4 is 10.6 Å². The van der Waals surface area contributed by atoms with Gasteiger partial charge in [0, 0.05) is 38.2 Å². The lowest BCUT2D eigenvalue weighted by Gasteiger charge is -2.18. The third-order valence-electron chi connectivity index (χ3n) is 4.52. The highest BCUT2D eigenvalue weighted by atomic mass is 32.2. The first kappa shape index (κ1) is 21.5. The normalized spacial score (nSPS) is 11.3. The first-order valence-electron chi connectivity index (χ1n) is 9.40. The summed E-state index contributed by atoms with van der Waals surface area (Å²) in [6.07, 6.45) is 3.34. The number of amides is 2. The van der Waals surface area contributed by atoms with Gasteiger partial charge in [0.15, 0.2) is 0 Å². The van der Waals surface area contributed by atoms with Crippen LogP contribution >= 0.6 is 0 Å². The minimum Gasteiger partial charge on any atom is -0.334 e. The van der Waals surface area contributed by atoms with Gasteiger partial charge in [0.05, 0.1) is 4.90 Å². The van der Waals surface area contributed by atoms with E-state index in [4.69, 9.17) is 0 Å². The molecule has 3 aromatic rings. The van der Waals surface area contributed by atoms with E-state index in [-0.39, 0.29) is 17.5 Å². The van der Waals surface area contributed by atoms with Crippen molar-refractivity contribution in [3.05, 3.63) is 89.7 Å². The summed E-state index contributed by atoms with van der Waals surface area (Å²) >= 11 is 0. The van der Waals surface area contributed by atoms with Gasteiger partial charge < -0.3 is 10.6 Å². The van der Waals surface area contributed by atoms with Gasteiger partial charge in [-0.15, -0.1) is 0 Å². The topological polar surface area (TPSA) is 91.4 Å². The molecule has 2 amide bonds. The summed E-state index contributed by atoms with van der Waals surface area (Å²) in [6.45, 7) is 2.61. The molecule has 30 heavy (non-hydrogen) atoms. The van der Waals surface area contributed by atoms with Crippen molar-refractivity contribution in [1.29, 1.82) is 0 Å². The maximum absolute atomic E-state index is 12.8. The molecule has 0 fully saturated rings. The van der Waals surface area contributed by atoms with Gasteiger partial charge in [-0.05, 0) is 48.4 Å². The van der Waals surface area contributed by atoms with E-state index in [1.807, 2.05) is 37.3 Å². The number of aromatic nitrogens is 1. The molecule has 0 aliphatic rings. The third kappa shape index (κ3) is 5.65. The molecular weight excluding hydrogens is 400 g/mol. The molecule has 0 saturated carbocycles. The molecule has 8 heteroatoms. The molecule has 0 spiro atoms. The fraction of sp³-hybridized carbons (Fsp3) is 0.182. The molecule has 0 unspecified atom stereocenters. The van der Waals surface area contributed by atoms with Gasteiger partial charge in [-0.2, -0.15) is 4.31 Å². The van der Waals surface area contributed by atoms with Crippen LogP contribution in [0, 0.1) is 6.92 Å². The van der Waals surface area contributed by atoms with E-state index < -0.39 is 10.0 Å². The molecular formula is C22H24N4O3S. The number of nitrogens with one attached hydrogen (secondary N) is 2. The maximum Gasteiger partial charge on any atom is 0.319 e. The summed E-state index contributed by atoms with van der Waals surface area (Å²) in [6, 6.07) is 17.1. The Balaban J connectivity index is 1.59. The average Bonchev–Trinajstić information content (AvgIpc) is 2.75. The molecule has 0 aliphatic heterocycles. The second-order valence-corrected chi connectivity index (χ2v) is 8.98. The van der Waals surface area contributed by atoms with Crippen molar-refractivity contribution < 1.29 is 13.2 Å². The number of urea groups is 1. The molecule has 0 atom stereocenters. The minimum absolute atomic E-state index is 0.165. The van der Waals surface area contributed by atoms with E-state index >= 15 is 0 Å². The fourth-order valence-corrected chi connectivity index (χ4v) is 3.95.